The number of carboxylic acids is 1. The summed E-state index contributed by atoms with van der Waals surface area (Å²) in [5.74, 6) is 2.38. The normalized spacial score (nSPS) is 29.3. The van der Waals surface area contributed by atoms with Gasteiger partial charge < -0.3 is 14.6 Å². The van der Waals surface area contributed by atoms with Crippen LogP contribution in [0.5, 0.6) is 11.5 Å². The van der Waals surface area contributed by atoms with E-state index < -0.39 is 5.97 Å². The molecule has 182 valence electrons. The molecule has 0 radical (unpaired) electrons. The van der Waals surface area contributed by atoms with Crippen LogP contribution in [0.2, 0.25) is 0 Å². The van der Waals surface area contributed by atoms with Crippen LogP contribution in [-0.4, -0.2) is 17.9 Å². The van der Waals surface area contributed by atoms with Gasteiger partial charge in [0.15, 0.2) is 11.5 Å². The summed E-state index contributed by atoms with van der Waals surface area (Å²) in [7, 11) is 0. The molecule has 2 fully saturated rings. The molecule has 4 nitrogen and oxygen atoms in total. The van der Waals surface area contributed by atoms with Gasteiger partial charge in [-0.2, -0.15) is 0 Å². The van der Waals surface area contributed by atoms with E-state index in [0.29, 0.717) is 16.9 Å². The van der Waals surface area contributed by atoms with E-state index >= 15 is 0 Å². The Morgan fingerprint density at radius 3 is 2.60 bits per heavy atom. The smallest absolute Gasteiger partial charge is 0.335 e. The number of hydrogen-bond donors (Lipinski definition) is 1. The minimum absolute atomic E-state index is 0.117. The predicted molar refractivity (Wildman–Crippen MR) is 138 cm³/mol. The molecule has 3 aliphatic rings. The Kier molecular flexibility index (Phi) is 5.14. The fraction of sp³-hybridized carbons (Fsp3) is 0.452. The molecule has 0 aromatic heterocycles. The second-order valence-corrected chi connectivity index (χ2v) is 11.8. The second-order valence-electron chi connectivity index (χ2n) is 11.8. The van der Waals surface area contributed by atoms with Crippen molar-refractivity contribution in [2.45, 2.75) is 64.7 Å². The van der Waals surface area contributed by atoms with Crippen molar-refractivity contribution < 1.29 is 19.4 Å². The summed E-state index contributed by atoms with van der Waals surface area (Å²) in [6.07, 6.45) is 7.52. The largest absolute Gasteiger partial charge is 0.478 e. The third-order valence-corrected chi connectivity index (χ3v) is 9.02. The summed E-state index contributed by atoms with van der Waals surface area (Å²) in [4.78, 5) is 11.4. The number of hydrogen-bond acceptors (Lipinski definition) is 3. The monoisotopic (exact) mass is 470 g/mol. The molecule has 0 saturated heterocycles. The Bertz CT molecular complexity index is 1320. The van der Waals surface area contributed by atoms with E-state index in [1.807, 2.05) is 12.1 Å². The molecular formula is C31H34O4. The van der Waals surface area contributed by atoms with E-state index in [4.69, 9.17) is 9.47 Å². The van der Waals surface area contributed by atoms with Gasteiger partial charge in [0.1, 0.15) is 0 Å². The van der Waals surface area contributed by atoms with Crippen molar-refractivity contribution in [3.8, 4) is 22.6 Å². The Labute approximate surface area is 207 Å². The van der Waals surface area contributed by atoms with Gasteiger partial charge in [-0.3, -0.25) is 0 Å². The zero-order valence-corrected chi connectivity index (χ0v) is 20.9. The molecule has 2 bridgehead atoms. The quantitative estimate of drug-likeness (QED) is 0.422. The third-order valence-electron chi connectivity index (χ3n) is 9.02. The Hall–Kier alpha value is -3.01. The molecule has 6 rings (SSSR count). The van der Waals surface area contributed by atoms with E-state index in [1.54, 1.807) is 12.1 Å². The molecule has 4 unspecified atom stereocenters. The summed E-state index contributed by atoms with van der Waals surface area (Å²) < 4.78 is 12.1. The molecule has 2 saturated carbocycles. The maximum Gasteiger partial charge on any atom is 0.335 e. The average molecular weight is 471 g/mol. The van der Waals surface area contributed by atoms with Crippen LogP contribution in [-0.2, 0) is 5.41 Å². The molecule has 0 spiro atoms. The van der Waals surface area contributed by atoms with Gasteiger partial charge in [0.05, 0.1) is 5.56 Å². The van der Waals surface area contributed by atoms with E-state index in [0.717, 1.165) is 39.3 Å². The van der Waals surface area contributed by atoms with Crippen molar-refractivity contribution >= 4 is 16.7 Å². The Balaban J connectivity index is 1.48. The van der Waals surface area contributed by atoms with Crippen LogP contribution in [0.4, 0.5) is 0 Å². The van der Waals surface area contributed by atoms with Gasteiger partial charge in [-0.1, -0.05) is 45.4 Å². The van der Waals surface area contributed by atoms with E-state index in [9.17, 15) is 9.90 Å². The van der Waals surface area contributed by atoms with E-state index in [2.05, 4.69) is 45.0 Å². The van der Waals surface area contributed by atoms with Gasteiger partial charge in [-0.15, -0.1) is 0 Å². The van der Waals surface area contributed by atoms with Crippen LogP contribution in [0.15, 0.2) is 48.5 Å². The van der Waals surface area contributed by atoms with Crippen molar-refractivity contribution in [2.24, 2.45) is 17.3 Å². The van der Waals surface area contributed by atoms with Crippen LogP contribution in [0, 0.1) is 17.3 Å². The summed E-state index contributed by atoms with van der Waals surface area (Å²) in [6.45, 7) is 7.54. The number of benzene rings is 3. The van der Waals surface area contributed by atoms with Gasteiger partial charge in [-0.05, 0) is 102 Å². The number of ether oxygens (including phenoxy) is 2. The molecule has 4 atom stereocenters. The highest BCUT2D eigenvalue weighted by Crippen LogP contribution is 2.61. The maximum atomic E-state index is 11.4. The topological polar surface area (TPSA) is 55.8 Å². The van der Waals surface area contributed by atoms with Crippen LogP contribution >= 0.6 is 0 Å². The lowest BCUT2D eigenvalue weighted by atomic mass is 9.50. The van der Waals surface area contributed by atoms with Crippen molar-refractivity contribution in [3.05, 3.63) is 59.7 Å². The highest BCUT2D eigenvalue weighted by molar-refractivity contribution is 5.95. The Morgan fingerprint density at radius 1 is 1.00 bits per heavy atom. The third kappa shape index (κ3) is 3.78. The summed E-state index contributed by atoms with van der Waals surface area (Å²) in [6, 6.07) is 16.1. The molecule has 1 heterocycles. The number of fused-ring (bicyclic) bond motifs is 4. The molecule has 4 heteroatoms. The van der Waals surface area contributed by atoms with E-state index in [1.165, 1.54) is 44.1 Å². The number of carbonyl (C=O) groups is 1. The maximum absolute atomic E-state index is 11.4. The van der Waals surface area contributed by atoms with Crippen molar-refractivity contribution in [3.63, 3.8) is 0 Å². The molecule has 3 aromatic carbocycles. The molecule has 35 heavy (non-hydrogen) atoms. The zero-order chi connectivity index (χ0) is 24.4. The number of rotatable bonds is 4. The minimum atomic E-state index is -0.901. The lowest BCUT2D eigenvalue weighted by Gasteiger charge is -2.55. The fourth-order valence-corrected chi connectivity index (χ4v) is 7.64. The van der Waals surface area contributed by atoms with Crippen LogP contribution in [0.25, 0.3) is 21.9 Å². The fourth-order valence-electron chi connectivity index (χ4n) is 7.64. The average Bonchev–Trinajstić information content (AvgIpc) is 3.30. The standard InChI is InChI=1S/C31H34O4/c1-4-30(3)15-20-9-19(2)14-31(16-20,17-30)26-12-25(13-27-28(26)35-18-34-27)23-6-5-22-11-24(29(32)33)8-7-21(22)10-23/h5-8,10-13,19-20H,4,9,14-18H2,1-3H3,(H,32,33). The number of carboxylic acid groups (broad SMARTS) is 1. The first-order valence-electron chi connectivity index (χ1n) is 13.0. The molecule has 1 aliphatic heterocycles. The van der Waals surface area contributed by atoms with Gasteiger partial charge in [0.2, 0.25) is 6.79 Å². The van der Waals surface area contributed by atoms with Crippen molar-refractivity contribution in [1.29, 1.82) is 0 Å². The number of aromatic carboxylic acids is 1. The first-order valence-corrected chi connectivity index (χ1v) is 13.0. The predicted octanol–water partition coefficient (Wildman–Crippen LogP) is 7.82. The van der Waals surface area contributed by atoms with Crippen LogP contribution in [0.3, 0.4) is 0 Å². The highest BCUT2D eigenvalue weighted by Gasteiger charge is 2.51. The first kappa shape index (κ1) is 22.5. The minimum Gasteiger partial charge on any atom is -0.478 e. The van der Waals surface area contributed by atoms with Gasteiger partial charge in [0.25, 0.3) is 0 Å². The van der Waals surface area contributed by atoms with Gasteiger partial charge in [-0.25, -0.2) is 4.79 Å². The summed E-state index contributed by atoms with van der Waals surface area (Å²) >= 11 is 0. The van der Waals surface area contributed by atoms with Gasteiger partial charge in [0, 0.05) is 11.0 Å². The molecular weight excluding hydrogens is 436 g/mol. The lowest BCUT2D eigenvalue weighted by molar-refractivity contribution is 0.0170. The van der Waals surface area contributed by atoms with E-state index in [-0.39, 0.29) is 12.2 Å². The molecule has 1 N–H and O–H groups in total. The highest BCUT2D eigenvalue weighted by atomic mass is 16.7. The van der Waals surface area contributed by atoms with Gasteiger partial charge >= 0.3 is 5.97 Å². The second kappa shape index (κ2) is 8.01. The molecule has 3 aromatic rings. The van der Waals surface area contributed by atoms with Crippen LogP contribution < -0.4 is 9.47 Å². The molecule has 0 amide bonds. The van der Waals surface area contributed by atoms with Crippen LogP contribution in [0.1, 0.15) is 75.2 Å². The summed E-state index contributed by atoms with van der Waals surface area (Å²) in [5, 5.41) is 11.3. The first-order chi connectivity index (χ1) is 16.8. The zero-order valence-electron chi connectivity index (χ0n) is 20.9. The lowest BCUT2D eigenvalue weighted by Crippen LogP contribution is -2.46. The summed E-state index contributed by atoms with van der Waals surface area (Å²) in [5.41, 5.74) is 4.38. The Morgan fingerprint density at radius 2 is 1.80 bits per heavy atom. The molecule has 2 aliphatic carbocycles. The van der Waals surface area contributed by atoms with Crippen molar-refractivity contribution in [2.75, 3.05) is 6.79 Å². The van der Waals surface area contributed by atoms with Crippen molar-refractivity contribution in [1.82, 2.24) is 0 Å². The SMILES string of the molecule is CCC1(C)CC2CC(C)CC(c3cc(-c4ccc5cc(C(=O)O)ccc5c4)cc4c3OCO4)(C2)C1.